The summed E-state index contributed by atoms with van der Waals surface area (Å²) in [5, 5.41) is 11.7. The number of halogens is 1. The van der Waals surface area contributed by atoms with E-state index in [0.29, 0.717) is 23.7 Å². The van der Waals surface area contributed by atoms with Crippen molar-refractivity contribution >= 4 is 29.1 Å². The van der Waals surface area contributed by atoms with E-state index in [-0.39, 0.29) is 34.2 Å². The number of aliphatic hydroxyl groups excluding tert-OH is 1. The highest BCUT2D eigenvalue weighted by molar-refractivity contribution is 6.46. The quantitative estimate of drug-likeness (QED) is 0.250. The molecule has 3 aromatic rings. The van der Waals surface area contributed by atoms with Gasteiger partial charge in [0.15, 0.2) is 0 Å². The highest BCUT2D eigenvalue weighted by atomic mass is 35.5. The SMILES string of the molecule is CCOc1ccc(CN2C(=O)C(=O)/C(=C(/O)c3cc(OC)c(Cl)cc3OC)C2c2ccccc2)cc1. The molecule has 0 radical (unpaired) electrons. The van der Waals surface area contributed by atoms with Gasteiger partial charge in [0, 0.05) is 12.6 Å². The number of benzene rings is 3. The number of ketones is 1. The zero-order valence-corrected chi connectivity index (χ0v) is 20.9. The molecule has 1 N–H and O–H groups in total. The third-order valence-electron chi connectivity index (χ3n) is 5.97. The van der Waals surface area contributed by atoms with Gasteiger partial charge in [-0.15, -0.1) is 0 Å². The van der Waals surface area contributed by atoms with Gasteiger partial charge >= 0.3 is 0 Å². The molecule has 36 heavy (non-hydrogen) atoms. The Bertz CT molecular complexity index is 1300. The lowest BCUT2D eigenvalue weighted by Crippen LogP contribution is -2.29. The van der Waals surface area contributed by atoms with Crippen molar-refractivity contribution in [2.45, 2.75) is 19.5 Å². The smallest absolute Gasteiger partial charge is 0.295 e. The molecule has 0 saturated carbocycles. The molecule has 1 amide bonds. The van der Waals surface area contributed by atoms with Crippen LogP contribution in [0.5, 0.6) is 17.2 Å². The van der Waals surface area contributed by atoms with Crippen molar-refractivity contribution in [1.29, 1.82) is 0 Å². The average Bonchev–Trinajstić information content (AvgIpc) is 3.14. The van der Waals surface area contributed by atoms with Crippen molar-refractivity contribution in [2.75, 3.05) is 20.8 Å². The predicted molar refractivity (Wildman–Crippen MR) is 136 cm³/mol. The Kier molecular flexibility index (Phi) is 7.50. The summed E-state index contributed by atoms with van der Waals surface area (Å²) in [5.41, 5.74) is 1.65. The van der Waals surface area contributed by atoms with Crippen molar-refractivity contribution in [3.05, 3.63) is 94.0 Å². The number of hydrogen-bond acceptors (Lipinski definition) is 6. The number of likely N-dealkylation sites (tertiary alicyclic amines) is 1. The Morgan fingerprint density at radius 1 is 0.972 bits per heavy atom. The fraction of sp³-hybridized carbons (Fsp3) is 0.214. The van der Waals surface area contributed by atoms with E-state index in [0.717, 1.165) is 5.56 Å². The number of hydrogen-bond donors (Lipinski definition) is 1. The molecule has 0 spiro atoms. The summed E-state index contributed by atoms with van der Waals surface area (Å²) in [7, 11) is 2.87. The average molecular weight is 508 g/mol. The van der Waals surface area contributed by atoms with Crippen LogP contribution in [0.3, 0.4) is 0 Å². The Labute approximate surface area is 214 Å². The normalized spacial score (nSPS) is 16.8. The number of amides is 1. The maximum Gasteiger partial charge on any atom is 0.295 e. The highest BCUT2D eigenvalue weighted by Gasteiger charge is 2.46. The Morgan fingerprint density at radius 2 is 1.64 bits per heavy atom. The van der Waals surface area contributed by atoms with Crippen LogP contribution in [0.15, 0.2) is 72.3 Å². The van der Waals surface area contributed by atoms with Crippen molar-refractivity contribution in [3.63, 3.8) is 0 Å². The lowest BCUT2D eigenvalue weighted by atomic mass is 9.94. The van der Waals surface area contributed by atoms with E-state index in [4.69, 9.17) is 25.8 Å². The molecule has 0 bridgehead atoms. The second-order valence-electron chi connectivity index (χ2n) is 8.10. The number of ether oxygens (including phenoxy) is 3. The van der Waals surface area contributed by atoms with Crippen LogP contribution in [0.1, 0.15) is 29.7 Å². The van der Waals surface area contributed by atoms with Gasteiger partial charge in [-0.3, -0.25) is 9.59 Å². The summed E-state index contributed by atoms with van der Waals surface area (Å²) in [6, 6.07) is 18.6. The van der Waals surface area contributed by atoms with Crippen LogP contribution >= 0.6 is 11.6 Å². The summed E-state index contributed by atoms with van der Waals surface area (Å²) in [5.74, 6) is -0.626. The van der Waals surface area contributed by atoms with Gasteiger partial charge in [-0.05, 0) is 36.2 Å². The maximum absolute atomic E-state index is 13.3. The number of carbonyl (C=O) groups is 2. The molecular weight excluding hydrogens is 482 g/mol. The number of methoxy groups -OCH3 is 2. The molecule has 1 atom stereocenters. The van der Waals surface area contributed by atoms with Gasteiger partial charge in [-0.2, -0.15) is 0 Å². The topological polar surface area (TPSA) is 85.3 Å². The summed E-state index contributed by atoms with van der Waals surface area (Å²) >= 11 is 6.22. The van der Waals surface area contributed by atoms with Crippen LogP contribution in [0.4, 0.5) is 0 Å². The number of aliphatic hydroxyl groups is 1. The molecule has 1 unspecified atom stereocenters. The molecule has 0 aliphatic carbocycles. The Morgan fingerprint density at radius 3 is 2.25 bits per heavy atom. The van der Waals surface area contributed by atoms with Gasteiger partial charge in [0.25, 0.3) is 11.7 Å². The van der Waals surface area contributed by atoms with E-state index in [1.54, 1.807) is 0 Å². The Hall–Kier alpha value is -3.97. The third-order valence-corrected chi connectivity index (χ3v) is 6.27. The van der Waals surface area contributed by atoms with E-state index >= 15 is 0 Å². The molecule has 1 fully saturated rings. The van der Waals surface area contributed by atoms with Crippen molar-refractivity contribution in [2.24, 2.45) is 0 Å². The van der Waals surface area contributed by atoms with Crippen LogP contribution in [0.25, 0.3) is 5.76 Å². The fourth-order valence-corrected chi connectivity index (χ4v) is 4.50. The van der Waals surface area contributed by atoms with E-state index in [9.17, 15) is 14.7 Å². The molecule has 1 saturated heterocycles. The summed E-state index contributed by atoms with van der Waals surface area (Å²) < 4.78 is 16.2. The second-order valence-corrected chi connectivity index (χ2v) is 8.51. The summed E-state index contributed by atoms with van der Waals surface area (Å²) in [6.07, 6.45) is 0. The first-order valence-corrected chi connectivity index (χ1v) is 11.7. The molecule has 0 aromatic heterocycles. The van der Waals surface area contributed by atoms with Gasteiger partial charge in [-0.25, -0.2) is 0 Å². The summed E-state index contributed by atoms with van der Waals surface area (Å²) in [4.78, 5) is 28.1. The first-order chi connectivity index (χ1) is 17.4. The van der Waals surface area contributed by atoms with E-state index < -0.39 is 17.7 Å². The zero-order chi connectivity index (χ0) is 25.8. The van der Waals surface area contributed by atoms with Gasteiger partial charge in [0.05, 0.1) is 43.0 Å². The van der Waals surface area contributed by atoms with Crippen LogP contribution in [0, 0.1) is 0 Å². The second kappa shape index (κ2) is 10.7. The van der Waals surface area contributed by atoms with E-state index in [1.165, 1.54) is 31.3 Å². The fourth-order valence-electron chi connectivity index (χ4n) is 4.27. The van der Waals surface area contributed by atoms with Gasteiger partial charge in [0.1, 0.15) is 23.0 Å². The first kappa shape index (κ1) is 25.1. The van der Waals surface area contributed by atoms with E-state index in [2.05, 4.69) is 0 Å². The lowest BCUT2D eigenvalue weighted by molar-refractivity contribution is -0.140. The third kappa shape index (κ3) is 4.75. The molecule has 1 aliphatic rings. The summed E-state index contributed by atoms with van der Waals surface area (Å²) in [6.45, 7) is 2.60. The van der Waals surface area contributed by atoms with Crippen LogP contribution < -0.4 is 14.2 Å². The van der Waals surface area contributed by atoms with Crippen molar-refractivity contribution in [1.82, 2.24) is 4.90 Å². The zero-order valence-electron chi connectivity index (χ0n) is 20.2. The Balaban J connectivity index is 1.84. The molecule has 7 nitrogen and oxygen atoms in total. The minimum atomic E-state index is -0.816. The molecule has 186 valence electrons. The first-order valence-electron chi connectivity index (χ1n) is 11.4. The number of rotatable bonds is 8. The molecule has 4 rings (SSSR count). The molecule has 1 aliphatic heterocycles. The molecular formula is C28H26ClNO6. The lowest BCUT2D eigenvalue weighted by Gasteiger charge is -2.25. The van der Waals surface area contributed by atoms with Gasteiger partial charge < -0.3 is 24.2 Å². The highest BCUT2D eigenvalue weighted by Crippen LogP contribution is 2.43. The number of Topliss-reactive ketones (excluding diaryl/α,β-unsaturated/α-hetero) is 1. The predicted octanol–water partition coefficient (Wildman–Crippen LogP) is 5.38. The minimum absolute atomic E-state index is 0.0418. The van der Waals surface area contributed by atoms with Crippen LogP contribution in [-0.4, -0.2) is 42.5 Å². The molecule has 1 heterocycles. The minimum Gasteiger partial charge on any atom is -0.507 e. The molecule has 8 heteroatoms. The number of carbonyl (C=O) groups excluding carboxylic acids is 2. The van der Waals surface area contributed by atoms with Crippen LogP contribution in [0.2, 0.25) is 5.02 Å². The monoisotopic (exact) mass is 507 g/mol. The van der Waals surface area contributed by atoms with E-state index in [1.807, 2.05) is 61.5 Å². The number of nitrogens with zero attached hydrogens (tertiary/aromatic N) is 1. The standard InChI is InChI=1S/C28H26ClNO6/c1-4-36-19-12-10-17(11-13-19)16-30-25(18-8-6-5-7-9-18)24(27(32)28(30)33)26(31)20-14-23(35-3)21(29)15-22(20)34-2/h5-15,25,31H,4,16H2,1-3H3/b26-24+. The largest absolute Gasteiger partial charge is 0.507 e. The maximum atomic E-state index is 13.3. The van der Waals surface area contributed by atoms with Crippen LogP contribution in [-0.2, 0) is 16.1 Å². The van der Waals surface area contributed by atoms with Gasteiger partial charge in [0.2, 0.25) is 0 Å². The van der Waals surface area contributed by atoms with Gasteiger partial charge in [-0.1, -0.05) is 54.1 Å². The van der Waals surface area contributed by atoms with Crippen molar-refractivity contribution < 1.29 is 28.9 Å². The van der Waals surface area contributed by atoms with Crippen molar-refractivity contribution in [3.8, 4) is 17.2 Å². The molecule has 3 aromatic carbocycles.